The first-order valence-corrected chi connectivity index (χ1v) is 8.54. The van der Waals surface area contributed by atoms with Crippen LogP contribution in [0.25, 0.3) is 11.0 Å². The molecule has 8 nitrogen and oxygen atoms in total. The van der Waals surface area contributed by atoms with Crippen LogP contribution in [-0.4, -0.2) is 29.3 Å². The lowest BCUT2D eigenvalue weighted by Gasteiger charge is -2.08. The highest BCUT2D eigenvalue weighted by Gasteiger charge is 2.15. The minimum absolute atomic E-state index is 0.00794. The van der Waals surface area contributed by atoms with E-state index in [9.17, 15) is 13.2 Å². The van der Waals surface area contributed by atoms with Crippen LogP contribution in [0.5, 0.6) is 0 Å². The van der Waals surface area contributed by atoms with E-state index >= 15 is 0 Å². The van der Waals surface area contributed by atoms with E-state index < -0.39 is 15.9 Å². The van der Waals surface area contributed by atoms with Crippen LogP contribution in [0.2, 0.25) is 0 Å². The number of aryl methyl sites for hydroxylation is 1. The largest absolute Gasteiger partial charge is 0.343 e. The number of anilines is 2. The number of aromatic nitrogens is 3. The normalized spacial score (nSPS) is 11.4. The molecule has 0 aliphatic heterocycles. The summed E-state index contributed by atoms with van der Waals surface area (Å²) in [4.78, 5) is 22.4. The van der Waals surface area contributed by atoms with Gasteiger partial charge in [-0.2, -0.15) is 0 Å². The number of rotatable bonds is 4. The van der Waals surface area contributed by atoms with E-state index in [1.54, 1.807) is 12.1 Å². The third-order valence-corrected chi connectivity index (χ3v) is 4.71. The molecule has 0 fully saturated rings. The minimum atomic E-state index is -3.84. The number of benzene rings is 1. The Hall–Kier alpha value is -2.94. The molecule has 0 radical (unpaired) electrons. The summed E-state index contributed by atoms with van der Waals surface area (Å²) in [6.07, 6.45) is 1.44. The maximum atomic E-state index is 11.9. The Morgan fingerprint density at radius 3 is 2.54 bits per heavy atom. The van der Waals surface area contributed by atoms with Gasteiger partial charge < -0.3 is 10.3 Å². The van der Waals surface area contributed by atoms with Gasteiger partial charge in [0.2, 0.25) is 5.91 Å². The molecular formula is C15H15N5O3S. The Balaban J connectivity index is 1.87. The number of H-pyrrole nitrogens is 1. The van der Waals surface area contributed by atoms with Gasteiger partial charge in [0, 0.05) is 18.3 Å². The summed E-state index contributed by atoms with van der Waals surface area (Å²) in [5.41, 5.74) is 2.34. The van der Waals surface area contributed by atoms with Crippen LogP contribution >= 0.6 is 0 Å². The van der Waals surface area contributed by atoms with Crippen LogP contribution in [0.4, 0.5) is 11.5 Å². The van der Waals surface area contributed by atoms with Crippen molar-refractivity contribution in [2.45, 2.75) is 18.7 Å². The maximum absolute atomic E-state index is 11.9. The number of carbonyl (C=O) groups excluding carboxylic acids is 1. The predicted octanol–water partition coefficient (Wildman–Crippen LogP) is 1.83. The lowest BCUT2D eigenvalue weighted by molar-refractivity contribution is -0.117. The molecule has 2 aromatic heterocycles. The second-order valence-corrected chi connectivity index (χ2v) is 6.93. The second kappa shape index (κ2) is 5.93. The van der Waals surface area contributed by atoms with Crippen LogP contribution in [0.15, 0.2) is 41.6 Å². The highest BCUT2D eigenvalue weighted by atomic mass is 32.2. The summed E-state index contributed by atoms with van der Waals surface area (Å²) in [7, 11) is -3.84. The van der Waals surface area contributed by atoms with Gasteiger partial charge in [-0.25, -0.2) is 23.1 Å². The molecule has 1 aromatic carbocycles. The summed E-state index contributed by atoms with van der Waals surface area (Å²) >= 11 is 0. The van der Waals surface area contributed by atoms with Gasteiger partial charge in [0.1, 0.15) is 17.8 Å². The number of amides is 1. The van der Waals surface area contributed by atoms with Crippen molar-refractivity contribution in [3.05, 3.63) is 42.4 Å². The Bertz CT molecular complexity index is 1010. The molecule has 124 valence electrons. The van der Waals surface area contributed by atoms with E-state index in [1.807, 2.05) is 17.7 Å². The van der Waals surface area contributed by atoms with E-state index in [2.05, 4.69) is 20.3 Å². The summed E-state index contributed by atoms with van der Waals surface area (Å²) in [6.45, 7) is 3.07. The van der Waals surface area contributed by atoms with Gasteiger partial charge in [-0.05, 0) is 37.3 Å². The molecule has 0 aliphatic rings. The van der Waals surface area contributed by atoms with Gasteiger partial charge in [0.15, 0.2) is 0 Å². The van der Waals surface area contributed by atoms with Crippen LogP contribution in [0.3, 0.4) is 0 Å². The number of aromatic amines is 1. The molecule has 0 saturated carbocycles. The van der Waals surface area contributed by atoms with Crippen molar-refractivity contribution < 1.29 is 13.2 Å². The molecule has 0 bridgehead atoms. The molecule has 3 N–H and O–H groups in total. The van der Waals surface area contributed by atoms with Gasteiger partial charge in [-0.3, -0.25) is 4.79 Å². The number of nitrogens with one attached hydrogen (secondary N) is 3. The van der Waals surface area contributed by atoms with Crippen molar-refractivity contribution in [2.24, 2.45) is 0 Å². The molecule has 24 heavy (non-hydrogen) atoms. The van der Waals surface area contributed by atoms with E-state index in [4.69, 9.17) is 0 Å². The predicted molar refractivity (Wildman–Crippen MR) is 89.4 cm³/mol. The van der Waals surface area contributed by atoms with E-state index in [0.29, 0.717) is 11.5 Å². The number of carbonyl (C=O) groups is 1. The molecule has 2 heterocycles. The highest BCUT2D eigenvalue weighted by Crippen LogP contribution is 2.24. The smallest absolute Gasteiger partial charge is 0.264 e. The van der Waals surface area contributed by atoms with Crippen LogP contribution in [0, 0.1) is 6.92 Å². The zero-order valence-corrected chi connectivity index (χ0v) is 13.8. The molecule has 0 saturated heterocycles. The first kappa shape index (κ1) is 15.9. The van der Waals surface area contributed by atoms with E-state index in [0.717, 1.165) is 23.7 Å². The first-order valence-electron chi connectivity index (χ1n) is 7.06. The SMILES string of the molecule is CC(=O)NS(=O)(=O)c1ccc(Nc2ncnc3[nH]c(C)cc23)cc1. The Labute approximate surface area is 138 Å². The highest BCUT2D eigenvalue weighted by molar-refractivity contribution is 7.90. The molecule has 0 atom stereocenters. The van der Waals surface area contributed by atoms with Crippen molar-refractivity contribution in [2.75, 3.05) is 5.32 Å². The second-order valence-electron chi connectivity index (χ2n) is 5.25. The van der Waals surface area contributed by atoms with Crippen molar-refractivity contribution in [3.63, 3.8) is 0 Å². The molecule has 1 amide bonds. The quantitative estimate of drug-likeness (QED) is 0.664. The summed E-state index contributed by atoms with van der Waals surface area (Å²) in [5, 5.41) is 3.96. The van der Waals surface area contributed by atoms with E-state index in [1.165, 1.54) is 18.5 Å². The Kier molecular flexibility index (Phi) is 3.94. The average molecular weight is 345 g/mol. The number of hydrogen-bond acceptors (Lipinski definition) is 6. The average Bonchev–Trinajstić information content (AvgIpc) is 2.88. The minimum Gasteiger partial charge on any atom is -0.343 e. The van der Waals surface area contributed by atoms with Gasteiger partial charge in [-0.15, -0.1) is 0 Å². The number of nitrogens with zero attached hydrogens (tertiary/aromatic N) is 2. The number of hydrogen-bond donors (Lipinski definition) is 3. The fraction of sp³-hybridized carbons (Fsp3) is 0.133. The molecule has 0 spiro atoms. The van der Waals surface area contributed by atoms with Gasteiger partial charge >= 0.3 is 0 Å². The maximum Gasteiger partial charge on any atom is 0.264 e. The molecule has 9 heteroatoms. The van der Waals surface area contributed by atoms with Crippen LogP contribution in [-0.2, 0) is 14.8 Å². The Morgan fingerprint density at radius 1 is 1.17 bits per heavy atom. The van der Waals surface area contributed by atoms with Crippen molar-refractivity contribution >= 4 is 38.5 Å². The number of fused-ring (bicyclic) bond motifs is 1. The lowest BCUT2D eigenvalue weighted by Crippen LogP contribution is -2.28. The fourth-order valence-electron chi connectivity index (χ4n) is 2.27. The molecular weight excluding hydrogens is 330 g/mol. The third kappa shape index (κ3) is 3.20. The van der Waals surface area contributed by atoms with Crippen molar-refractivity contribution in [1.82, 2.24) is 19.7 Å². The molecule has 0 aliphatic carbocycles. The first-order chi connectivity index (χ1) is 11.3. The summed E-state index contributed by atoms with van der Waals surface area (Å²) < 4.78 is 25.7. The monoisotopic (exact) mass is 345 g/mol. The summed E-state index contributed by atoms with van der Waals surface area (Å²) in [6, 6.07) is 7.94. The van der Waals surface area contributed by atoms with Gasteiger partial charge in [-0.1, -0.05) is 0 Å². The molecule has 3 rings (SSSR count). The van der Waals surface area contributed by atoms with Crippen LogP contribution < -0.4 is 10.0 Å². The summed E-state index contributed by atoms with van der Waals surface area (Å²) in [5.74, 6) is -0.0229. The van der Waals surface area contributed by atoms with Crippen molar-refractivity contribution in [1.29, 1.82) is 0 Å². The third-order valence-electron chi connectivity index (χ3n) is 3.27. The number of sulfonamides is 1. The zero-order chi connectivity index (χ0) is 17.3. The molecule has 0 unspecified atom stereocenters. The lowest BCUT2D eigenvalue weighted by atomic mass is 10.3. The Morgan fingerprint density at radius 2 is 1.88 bits per heavy atom. The van der Waals surface area contributed by atoms with E-state index in [-0.39, 0.29) is 4.90 Å². The van der Waals surface area contributed by atoms with Gasteiger partial charge in [0.25, 0.3) is 10.0 Å². The fourth-order valence-corrected chi connectivity index (χ4v) is 3.26. The standard InChI is InChI=1S/C15H15N5O3S/c1-9-7-13-14(18-9)16-8-17-15(13)19-11-3-5-12(6-4-11)24(22,23)20-10(2)21/h3-8H,1-2H3,(H,20,21)(H2,16,17,18,19). The van der Waals surface area contributed by atoms with Gasteiger partial charge in [0.05, 0.1) is 10.3 Å². The molecule has 3 aromatic rings. The van der Waals surface area contributed by atoms with Crippen LogP contribution in [0.1, 0.15) is 12.6 Å². The van der Waals surface area contributed by atoms with Crippen molar-refractivity contribution in [3.8, 4) is 0 Å². The zero-order valence-electron chi connectivity index (χ0n) is 13.0. The topological polar surface area (TPSA) is 117 Å².